The Morgan fingerprint density at radius 3 is 2.62 bits per heavy atom. The summed E-state index contributed by atoms with van der Waals surface area (Å²) in [5.41, 5.74) is 1.93. The molecule has 2 aromatic carbocycles. The Hall–Kier alpha value is -2.01. The quantitative estimate of drug-likeness (QED) is 0.489. The monoisotopic (exact) mass is 349 g/mol. The van der Waals surface area contributed by atoms with E-state index in [2.05, 4.69) is 33.2 Å². The summed E-state index contributed by atoms with van der Waals surface area (Å²) < 4.78 is 11.9. The predicted molar refractivity (Wildman–Crippen MR) is 85.7 cm³/mol. The molecule has 0 bridgehead atoms. The highest BCUT2D eigenvalue weighted by Crippen LogP contribution is 2.33. The van der Waals surface area contributed by atoms with Crippen molar-refractivity contribution in [3.8, 4) is 11.5 Å². The van der Waals surface area contributed by atoms with Crippen LogP contribution in [-0.2, 0) is 6.42 Å². The number of halogens is 1. The maximum absolute atomic E-state index is 8.62. The second kappa shape index (κ2) is 7.69. The number of hydrogen-bond donors (Lipinski definition) is 1. The number of oxime groups is 1. The average Bonchev–Trinajstić information content (AvgIpc) is 2.51. The standard InChI is InChI=1S/C16H16BrNO3/c1-20-15-9-13(11-18-19)14(17)10-16(15)21-8-7-12-5-3-2-4-6-12/h2-6,9-11,19H,7-8H2,1H3/b18-11+. The highest BCUT2D eigenvalue weighted by atomic mass is 79.9. The second-order valence-electron chi connectivity index (χ2n) is 4.35. The normalized spacial score (nSPS) is 10.8. The van der Waals surface area contributed by atoms with Crippen LogP contribution in [0, 0.1) is 0 Å². The largest absolute Gasteiger partial charge is 0.493 e. The van der Waals surface area contributed by atoms with Crippen LogP contribution in [0.25, 0.3) is 0 Å². The van der Waals surface area contributed by atoms with Crippen LogP contribution in [0.2, 0.25) is 0 Å². The van der Waals surface area contributed by atoms with Crippen LogP contribution in [0.5, 0.6) is 11.5 Å². The Morgan fingerprint density at radius 2 is 1.95 bits per heavy atom. The average molecular weight is 350 g/mol. The van der Waals surface area contributed by atoms with Gasteiger partial charge < -0.3 is 14.7 Å². The number of ether oxygens (including phenoxy) is 2. The summed E-state index contributed by atoms with van der Waals surface area (Å²) in [6.07, 6.45) is 2.15. The number of nitrogens with zero attached hydrogens (tertiary/aromatic N) is 1. The highest BCUT2D eigenvalue weighted by molar-refractivity contribution is 9.10. The predicted octanol–water partition coefficient (Wildman–Crippen LogP) is 3.89. The van der Waals surface area contributed by atoms with Crippen LogP contribution in [0.1, 0.15) is 11.1 Å². The van der Waals surface area contributed by atoms with Crippen LogP contribution < -0.4 is 9.47 Å². The third-order valence-corrected chi connectivity index (χ3v) is 3.66. The zero-order valence-electron chi connectivity index (χ0n) is 11.6. The molecular weight excluding hydrogens is 334 g/mol. The van der Waals surface area contributed by atoms with Gasteiger partial charge in [0.1, 0.15) is 0 Å². The minimum absolute atomic E-state index is 0.556. The lowest BCUT2D eigenvalue weighted by atomic mass is 10.2. The molecule has 0 aliphatic carbocycles. The molecule has 0 amide bonds. The van der Waals surface area contributed by atoms with E-state index in [0.29, 0.717) is 23.7 Å². The van der Waals surface area contributed by atoms with Gasteiger partial charge in [-0.1, -0.05) is 35.5 Å². The fourth-order valence-corrected chi connectivity index (χ4v) is 2.33. The lowest BCUT2D eigenvalue weighted by Gasteiger charge is -2.12. The molecule has 0 atom stereocenters. The van der Waals surface area contributed by atoms with Crippen LogP contribution in [0.15, 0.2) is 52.1 Å². The summed E-state index contributed by atoms with van der Waals surface area (Å²) in [6.45, 7) is 0.556. The van der Waals surface area contributed by atoms with Gasteiger partial charge in [-0.15, -0.1) is 0 Å². The van der Waals surface area contributed by atoms with Crippen molar-refractivity contribution in [2.24, 2.45) is 5.16 Å². The van der Waals surface area contributed by atoms with Gasteiger partial charge in [-0.05, 0) is 33.6 Å². The third kappa shape index (κ3) is 4.23. The summed E-state index contributed by atoms with van der Waals surface area (Å²) in [7, 11) is 1.58. The third-order valence-electron chi connectivity index (χ3n) is 2.97. The molecule has 0 fully saturated rings. The minimum Gasteiger partial charge on any atom is -0.493 e. The second-order valence-corrected chi connectivity index (χ2v) is 5.21. The Kier molecular flexibility index (Phi) is 5.63. The summed E-state index contributed by atoms with van der Waals surface area (Å²) in [5.74, 6) is 1.25. The van der Waals surface area contributed by atoms with E-state index in [4.69, 9.17) is 14.7 Å². The molecule has 0 aromatic heterocycles. The molecule has 2 aromatic rings. The zero-order chi connectivity index (χ0) is 15.1. The lowest BCUT2D eigenvalue weighted by molar-refractivity contribution is 0.297. The van der Waals surface area contributed by atoms with Crippen molar-refractivity contribution in [2.45, 2.75) is 6.42 Å². The first kappa shape index (κ1) is 15.4. The Bertz CT molecular complexity index is 614. The van der Waals surface area contributed by atoms with Gasteiger partial charge in [0, 0.05) is 16.5 Å². The SMILES string of the molecule is COc1cc(/C=N/O)c(Br)cc1OCCc1ccccc1. The molecule has 0 spiro atoms. The molecule has 21 heavy (non-hydrogen) atoms. The van der Waals surface area contributed by atoms with Gasteiger partial charge in [0.25, 0.3) is 0 Å². The zero-order valence-corrected chi connectivity index (χ0v) is 13.2. The van der Waals surface area contributed by atoms with Crippen molar-refractivity contribution in [1.29, 1.82) is 0 Å². The molecule has 1 N–H and O–H groups in total. The highest BCUT2D eigenvalue weighted by Gasteiger charge is 2.09. The molecule has 110 valence electrons. The summed E-state index contributed by atoms with van der Waals surface area (Å²) in [6, 6.07) is 13.7. The number of methoxy groups -OCH3 is 1. The summed E-state index contributed by atoms with van der Waals surface area (Å²) >= 11 is 3.41. The van der Waals surface area contributed by atoms with Gasteiger partial charge in [0.05, 0.1) is 19.9 Å². The topological polar surface area (TPSA) is 51.0 Å². The molecular formula is C16H16BrNO3. The van der Waals surface area contributed by atoms with Gasteiger partial charge in [-0.3, -0.25) is 0 Å². The molecule has 2 rings (SSSR count). The number of rotatable bonds is 6. The van der Waals surface area contributed by atoms with E-state index < -0.39 is 0 Å². The maximum Gasteiger partial charge on any atom is 0.162 e. The molecule has 0 saturated carbocycles. The van der Waals surface area contributed by atoms with Crippen LogP contribution in [-0.4, -0.2) is 25.1 Å². The van der Waals surface area contributed by atoms with Crippen molar-refractivity contribution < 1.29 is 14.7 Å². The smallest absolute Gasteiger partial charge is 0.162 e. The minimum atomic E-state index is 0.556. The fraction of sp³-hybridized carbons (Fsp3) is 0.188. The van der Waals surface area contributed by atoms with E-state index >= 15 is 0 Å². The van der Waals surface area contributed by atoms with Crippen molar-refractivity contribution in [2.75, 3.05) is 13.7 Å². The first-order chi connectivity index (χ1) is 10.2. The van der Waals surface area contributed by atoms with Gasteiger partial charge in [0.15, 0.2) is 11.5 Å². The Morgan fingerprint density at radius 1 is 1.19 bits per heavy atom. The fourth-order valence-electron chi connectivity index (χ4n) is 1.91. The van der Waals surface area contributed by atoms with Gasteiger partial charge in [-0.2, -0.15) is 0 Å². The van der Waals surface area contributed by atoms with Crippen LogP contribution >= 0.6 is 15.9 Å². The van der Waals surface area contributed by atoms with E-state index in [1.807, 2.05) is 18.2 Å². The van der Waals surface area contributed by atoms with E-state index in [1.54, 1.807) is 19.2 Å². The van der Waals surface area contributed by atoms with Gasteiger partial charge in [-0.25, -0.2) is 0 Å². The van der Waals surface area contributed by atoms with E-state index in [0.717, 1.165) is 10.9 Å². The Balaban J connectivity index is 2.07. The number of hydrogen-bond acceptors (Lipinski definition) is 4. The van der Waals surface area contributed by atoms with Crippen LogP contribution in [0.4, 0.5) is 0 Å². The molecule has 4 nitrogen and oxygen atoms in total. The molecule has 5 heteroatoms. The summed E-state index contributed by atoms with van der Waals surface area (Å²) in [4.78, 5) is 0. The molecule has 0 heterocycles. The van der Waals surface area contributed by atoms with Gasteiger partial charge in [0.2, 0.25) is 0 Å². The molecule has 0 aliphatic heterocycles. The first-order valence-corrected chi connectivity index (χ1v) is 7.25. The maximum atomic E-state index is 8.62. The molecule has 0 radical (unpaired) electrons. The van der Waals surface area contributed by atoms with Crippen LogP contribution in [0.3, 0.4) is 0 Å². The van der Waals surface area contributed by atoms with E-state index in [9.17, 15) is 0 Å². The van der Waals surface area contributed by atoms with Crippen molar-refractivity contribution in [3.05, 3.63) is 58.1 Å². The molecule has 0 unspecified atom stereocenters. The lowest BCUT2D eigenvalue weighted by Crippen LogP contribution is -2.03. The first-order valence-electron chi connectivity index (χ1n) is 6.46. The van der Waals surface area contributed by atoms with Crippen molar-refractivity contribution in [3.63, 3.8) is 0 Å². The Labute approximate surface area is 132 Å². The molecule has 0 aliphatic rings. The molecule has 0 saturated heterocycles. The van der Waals surface area contributed by atoms with E-state index in [-0.39, 0.29) is 0 Å². The van der Waals surface area contributed by atoms with Gasteiger partial charge >= 0.3 is 0 Å². The van der Waals surface area contributed by atoms with E-state index in [1.165, 1.54) is 11.8 Å². The summed E-state index contributed by atoms with van der Waals surface area (Å²) in [5, 5.41) is 11.6. The number of benzene rings is 2. The van der Waals surface area contributed by atoms with Crippen molar-refractivity contribution >= 4 is 22.1 Å². The van der Waals surface area contributed by atoms with Crippen molar-refractivity contribution in [1.82, 2.24) is 0 Å².